The average molecular weight is 367 g/mol. The molecule has 7 nitrogen and oxygen atoms in total. The number of fused-ring (bicyclic) bond motifs is 1. The maximum absolute atomic E-state index is 12.4. The Morgan fingerprint density at radius 1 is 0.963 bits per heavy atom. The minimum absolute atomic E-state index is 0.341. The van der Waals surface area contributed by atoms with Crippen LogP contribution in [0.2, 0.25) is 0 Å². The Kier molecular flexibility index (Phi) is 5.30. The first-order chi connectivity index (χ1) is 13.0. The van der Waals surface area contributed by atoms with Crippen LogP contribution in [0.3, 0.4) is 0 Å². The number of hydrogen-bond donors (Lipinski definition) is 2. The summed E-state index contributed by atoms with van der Waals surface area (Å²) in [7, 11) is 4.77. The number of rotatable bonds is 6. The van der Waals surface area contributed by atoms with Gasteiger partial charge in [0.15, 0.2) is 0 Å². The van der Waals surface area contributed by atoms with Crippen molar-refractivity contribution in [3.63, 3.8) is 0 Å². The second-order valence-electron chi connectivity index (χ2n) is 5.84. The van der Waals surface area contributed by atoms with Gasteiger partial charge in [-0.05, 0) is 49.4 Å². The van der Waals surface area contributed by atoms with Crippen LogP contribution in [0.4, 0.5) is 0 Å². The summed E-state index contributed by atoms with van der Waals surface area (Å²) in [5.41, 5.74) is 5.15. The lowest BCUT2D eigenvalue weighted by Crippen LogP contribution is -2.19. The number of carbonyl (C=O) groups is 1. The molecule has 140 valence electrons. The largest absolute Gasteiger partial charge is 0.497 e. The van der Waals surface area contributed by atoms with Crippen LogP contribution >= 0.6 is 0 Å². The molecule has 2 aromatic carbocycles. The van der Waals surface area contributed by atoms with E-state index in [-0.39, 0.29) is 5.91 Å². The van der Waals surface area contributed by atoms with Crippen molar-refractivity contribution >= 4 is 22.5 Å². The van der Waals surface area contributed by atoms with Gasteiger partial charge in [0, 0.05) is 16.5 Å². The zero-order valence-corrected chi connectivity index (χ0v) is 15.6. The van der Waals surface area contributed by atoms with E-state index in [0.29, 0.717) is 22.9 Å². The molecule has 0 saturated heterocycles. The second-order valence-corrected chi connectivity index (χ2v) is 5.84. The third-order valence-electron chi connectivity index (χ3n) is 4.19. The first-order valence-corrected chi connectivity index (χ1v) is 8.29. The highest BCUT2D eigenvalue weighted by Gasteiger charge is 2.12. The summed E-state index contributed by atoms with van der Waals surface area (Å²) in [4.78, 5) is 15.5. The molecule has 3 rings (SSSR count). The normalized spacial score (nSPS) is 11.3. The monoisotopic (exact) mass is 367 g/mol. The van der Waals surface area contributed by atoms with Crippen molar-refractivity contribution in [2.75, 3.05) is 21.3 Å². The molecule has 0 aliphatic rings. The zero-order chi connectivity index (χ0) is 19.4. The molecule has 0 atom stereocenters. The quantitative estimate of drug-likeness (QED) is 0.517. The minimum atomic E-state index is -0.341. The Balaban J connectivity index is 1.82. The Labute approximate surface area is 156 Å². The number of nitrogens with zero attached hydrogens (tertiary/aromatic N) is 1. The molecule has 0 fully saturated rings. The van der Waals surface area contributed by atoms with E-state index >= 15 is 0 Å². The van der Waals surface area contributed by atoms with Crippen molar-refractivity contribution in [2.24, 2.45) is 5.10 Å². The van der Waals surface area contributed by atoms with Crippen LogP contribution in [0.1, 0.15) is 23.0 Å². The molecule has 1 heterocycles. The number of nitrogens with one attached hydrogen (secondary N) is 2. The maximum Gasteiger partial charge on any atom is 0.287 e. The maximum atomic E-state index is 12.4. The number of hydrazone groups is 1. The van der Waals surface area contributed by atoms with Gasteiger partial charge in [-0.25, -0.2) is 5.43 Å². The summed E-state index contributed by atoms with van der Waals surface area (Å²) in [5.74, 6) is 1.71. The van der Waals surface area contributed by atoms with Crippen molar-refractivity contribution in [3.05, 3.63) is 53.7 Å². The van der Waals surface area contributed by atoms with E-state index in [1.165, 1.54) is 0 Å². The molecular formula is C20H21N3O4. The van der Waals surface area contributed by atoms with Crippen molar-refractivity contribution < 1.29 is 19.0 Å². The minimum Gasteiger partial charge on any atom is -0.497 e. The molecule has 0 spiro atoms. The van der Waals surface area contributed by atoms with Gasteiger partial charge in [0.2, 0.25) is 0 Å². The number of benzene rings is 2. The predicted molar refractivity (Wildman–Crippen MR) is 104 cm³/mol. The third-order valence-corrected chi connectivity index (χ3v) is 4.19. The van der Waals surface area contributed by atoms with Crippen LogP contribution in [0, 0.1) is 0 Å². The number of methoxy groups -OCH3 is 3. The lowest BCUT2D eigenvalue weighted by Gasteiger charge is -2.10. The van der Waals surface area contributed by atoms with E-state index in [0.717, 1.165) is 22.2 Å². The van der Waals surface area contributed by atoms with Gasteiger partial charge in [0.25, 0.3) is 5.91 Å². The van der Waals surface area contributed by atoms with Gasteiger partial charge in [-0.1, -0.05) is 0 Å². The smallest absolute Gasteiger partial charge is 0.287 e. The number of ether oxygens (including phenoxy) is 3. The molecule has 7 heteroatoms. The van der Waals surface area contributed by atoms with Crippen LogP contribution < -0.4 is 19.6 Å². The SMILES string of the molecule is COc1ccc(OC)c(/C(C)=N/NC(=O)c2cc3cc(OC)ccc3[nH]2)c1. The lowest BCUT2D eigenvalue weighted by molar-refractivity contribution is 0.0950. The number of aromatic nitrogens is 1. The van der Waals surface area contributed by atoms with E-state index in [9.17, 15) is 4.79 Å². The summed E-state index contributed by atoms with van der Waals surface area (Å²) in [6.07, 6.45) is 0. The van der Waals surface area contributed by atoms with Gasteiger partial charge in [0.1, 0.15) is 22.9 Å². The average Bonchev–Trinajstić information content (AvgIpc) is 3.14. The van der Waals surface area contributed by atoms with Crippen LogP contribution in [-0.2, 0) is 0 Å². The van der Waals surface area contributed by atoms with E-state index in [1.54, 1.807) is 52.5 Å². The van der Waals surface area contributed by atoms with Crippen LogP contribution in [0.5, 0.6) is 17.2 Å². The van der Waals surface area contributed by atoms with E-state index in [2.05, 4.69) is 15.5 Å². The fraction of sp³-hybridized carbons (Fsp3) is 0.200. The van der Waals surface area contributed by atoms with Crippen molar-refractivity contribution in [1.82, 2.24) is 10.4 Å². The first kappa shape index (κ1) is 18.3. The topological polar surface area (TPSA) is 84.9 Å². The molecule has 0 saturated carbocycles. The van der Waals surface area contributed by atoms with Crippen molar-refractivity contribution in [2.45, 2.75) is 6.92 Å². The van der Waals surface area contributed by atoms with E-state index in [4.69, 9.17) is 14.2 Å². The third kappa shape index (κ3) is 3.87. The van der Waals surface area contributed by atoms with Crippen LogP contribution in [0.15, 0.2) is 47.6 Å². The Morgan fingerprint density at radius 2 is 1.67 bits per heavy atom. The van der Waals surface area contributed by atoms with Gasteiger partial charge in [-0.2, -0.15) is 5.10 Å². The van der Waals surface area contributed by atoms with Gasteiger partial charge in [-0.15, -0.1) is 0 Å². The van der Waals surface area contributed by atoms with Crippen molar-refractivity contribution in [1.29, 1.82) is 0 Å². The molecule has 1 amide bonds. The second kappa shape index (κ2) is 7.82. The summed E-state index contributed by atoms with van der Waals surface area (Å²) in [6, 6.07) is 12.7. The van der Waals surface area contributed by atoms with Gasteiger partial charge in [0.05, 0.1) is 27.0 Å². The highest BCUT2D eigenvalue weighted by atomic mass is 16.5. The molecular weight excluding hydrogens is 346 g/mol. The highest BCUT2D eigenvalue weighted by Crippen LogP contribution is 2.25. The molecule has 0 aliphatic carbocycles. The molecule has 27 heavy (non-hydrogen) atoms. The number of hydrogen-bond acceptors (Lipinski definition) is 5. The lowest BCUT2D eigenvalue weighted by atomic mass is 10.1. The predicted octanol–water partition coefficient (Wildman–Crippen LogP) is 3.35. The molecule has 0 bridgehead atoms. The molecule has 0 radical (unpaired) electrons. The standard InChI is InChI=1S/C20H21N3O4/c1-12(16-11-15(26-3)6-8-19(16)27-4)22-23-20(24)18-10-13-9-14(25-2)5-7-17(13)21-18/h5-11,21H,1-4H3,(H,23,24)/b22-12+. The zero-order valence-electron chi connectivity index (χ0n) is 15.6. The number of aromatic amines is 1. The van der Waals surface area contributed by atoms with Crippen LogP contribution in [0.25, 0.3) is 10.9 Å². The summed E-state index contributed by atoms with van der Waals surface area (Å²) >= 11 is 0. The van der Waals surface area contributed by atoms with E-state index in [1.807, 2.05) is 18.2 Å². The molecule has 0 unspecified atom stereocenters. The highest BCUT2D eigenvalue weighted by molar-refractivity contribution is 6.03. The molecule has 1 aromatic heterocycles. The van der Waals surface area contributed by atoms with Gasteiger partial charge >= 0.3 is 0 Å². The Bertz CT molecular complexity index is 1010. The van der Waals surface area contributed by atoms with Crippen LogP contribution in [-0.4, -0.2) is 37.9 Å². The number of amides is 1. The fourth-order valence-corrected chi connectivity index (χ4v) is 2.71. The molecule has 2 N–H and O–H groups in total. The summed E-state index contributed by atoms with van der Waals surface area (Å²) in [5, 5.41) is 5.08. The number of carbonyl (C=O) groups excluding carboxylic acids is 1. The van der Waals surface area contributed by atoms with E-state index < -0.39 is 0 Å². The molecule has 3 aromatic rings. The number of H-pyrrole nitrogens is 1. The Morgan fingerprint density at radius 3 is 2.37 bits per heavy atom. The fourth-order valence-electron chi connectivity index (χ4n) is 2.71. The summed E-state index contributed by atoms with van der Waals surface area (Å²) in [6.45, 7) is 1.79. The molecule has 0 aliphatic heterocycles. The van der Waals surface area contributed by atoms with Gasteiger partial charge < -0.3 is 19.2 Å². The van der Waals surface area contributed by atoms with Crippen molar-refractivity contribution in [3.8, 4) is 17.2 Å². The summed E-state index contributed by atoms with van der Waals surface area (Å²) < 4.78 is 15.8. The van der Waals surface area contributed by atoms with Gasteiger partial charge in [-0.3, -0.25) is 4.79 Å². The first-order valence-electron chi connectivity index (χ1n) is 8.29. The Hall–Kier alpha value is -3.48.